The van der Waals surface area contributed by atoms with Crippen LogP contribution in [0.25, 0.3) is 10.9 Å². The largest absolute Gasteiger partial charge is 0.490 e. The van der Waals surface area contributed by atoms with Crippen LogP contribution >= 0.6 is 0 Å². The van der Waals surface area contributed by atoms with Gasteiger partial charge >= 0.3 is 0 Å². The highest BCUT2D eigenvalue weighted by Gasteiger charge is 2.25. The fourth-order valence-corrected chi connectivity index (χ4v) is 3.97. The Morgan fingerprint density at radius 3 is 2.78 bits per heavy atom. The molecule has 27 heavy (non-hydrogen) atoms. The van der Waals surface area contributed by atoms with Crippen LogP contribution < -0.4 is 15.2 Å². The quantitative estimate of drug-likeness (QED) is 0.755. The second kappa shape index (κ2) is 6.76. The highest BCUT2D eigenvalue weighted by molar-refractivity contribution is 5.86. The minimum Gasteiger partial charge on any atom is -0.490 e. The minimum absolute atomic E-state index is 0.126. The maximum atomic E-state index is 11.9. The molecule has 5 rings (SSSR count). The van der Waals surface area contributed by atoms with Gasteiger partial charge in [-0.3, -0.25) is 4.79 Å². The molecule has 3 heterocycles. The van der Waals surface area contributed by atoms with Crippen LogP contribution in [-0.4, -0.2) is 33.7 Å². The number of piperidine rings is 1. The predicted octanol–water partition coefficient (Wildman–Crippen LogP) is 3.18. The Bertz CT molecular complexity index is 997. The topological polar surface area (TPSA) is 63.1 Å². The van der Waals surface area contributed by atoms with E-state index >= 15 is 0 Å². The summed E-state index contributed by atoms with van der Waals surface area (Å²) in [5.41, 5.74) is 1.13. The first-order valence-electron chi connectivity index (χ1n) is 9.81. The number of benzene rings is 1. The van der Waals surface area contributed by atoms with E-state index in [1.807, 2.05) is 4.90 Å². The number of fused-ring (bicyclic) bond motifs is 1. The number of aromatic amines is 1. The van der Waals surface area contributed by atoms with Crippen molar-refractivity contribution in [3.05, 3.63) is 53.2 Å². The van der Waals surface area contributed by atoms with Crippen LogP contribution in [0.5, 0.6) is 5.75 Å². The molecule has 0 radical (unpaired) electrons. The first-order valence-corrected chi connectivity index (χ1v) is 9.81. The number of aromatic nitrogens is 3. The van der Waals surface area contributed by atoms with E-state index < -0.39 is 0 Å². The van der Waals surface area contributed by atoms with Crippen LogP contribution in [0, 0.1) is 5.92 Å². The zero-order valence-electron chi connectivity index (χ0n) is 15.3. The predicted molar refractivity (Wildman–Crippen MR) is 105 cm³/mol. The molecule has 0 spiro atoms. The molecule has 2 aromatic heterocycles. The Labute approximate surface area is 157 Å². The first kappa shape index (κ1) is 16.4. The van der Waals surface area contributed by atoms with Crippen LogP contribution in [0.3, 0.4) is 0 Å². The van der Waals surface area contributed by atoms with E-state index in [1.165, 1.54) is 23.7 Å². The highest BCUT2D eigenvalue weighted by atomic mass is 16.5. The number of nitrogens with one attached hydrogen (secondary N) is 1. The summed E-state index contributed by atoms with van der Waals surface area (Å²) in [6.45, 7) is 2.68. The van der Waals surface area contributed by atoms with Crippen LogP contribution in [0.2, 0.25) is 0 Å². The fraction of sp³-hybridized carbons (Fsp3) is 0.429. The smallest absolute Gasteiger partial charge is 0.290 e. The van der Waals surface area contributed by atoms with Gasteiger partial charge in [0.15, 0.2) is 5.82 Å². The number of ether oxygens (including phenoxy) is 1. The second-order valence-corrected chi connectivity index (χ2v) is 7.65. The van der Waals surface area contributed by atoms with Gasteiger partial charge in [0, 0.05) is 56.5 Å². The molecule has 0 bridgehead atoms. The van der Waals surface area contributed by atoms with Gasteiger partial charge in [0.25, 0.3) is 5.56 Å². The molecule has 1 aliphatic carbocycles. The zero-order chi connectivity index (χ0) is 18.2. The van der Waals surface area contributed by atoms with Crippen molar-refractivity contribution in [1.29, 1.82) is 0 Å². The first-order chi connectivity index (χ1) is 13.3. The molecule has 0 unspecified atom stereocenters. The average Bonchev–Trinajstić information content (AvgIpc) is 3.42. The molecule has 2 aliphatic rings. The Morgan fingerprint density at radius 2 is 2.00 bits per heavy atom. The second-order valence-electron chi connectivity index (χ2n) is 7.65. The maximum absolute atomic E-state index is 11.9. The number of rotatable bonds is 5. The summed E-state index contributed by atoms with van der Waals surface area (Å²) in [6.07, 6.45) is 10.0. The van der Waals surface area contributed by atoms with Crippen LogP contribution in [0.4, 0.5) is 5.82 Å². The van der Waals surface area contributed by atoms with Gasteiger partial charge in [-0.25, -0.2) is 4.98 Å². The molecular formula is C21H24N4O2. The van der Waals surface area contributed by atoms with Gasteiger partial charge in [0.2, 0.25) is 0 Å². The van der Waals surface area contributed by atoms with Crippen LogP contribution in [0.1, 0.15) is 25.7 Å². The zero-order valence-corrected chi connectivity index (χ0v) is 15.3. The molecule has 0 amide bonds. The van der Waals surface area contributed by atoms with Crippen molar-refractivity contribution in [3.63, 3.8) is 0 Å². The molecule has 2 fully saturated rings. The molecular weight excluding hydrogens is 340 g/mol. The van der Waals surface area contributed by atoms with Crippen molar-refractivity contribution in [1.82, 2.24) is 14.5 Å². The monoisotopic (exact) mass is 364 g/mol. The van der Waals surface area contributed by atoms with E-state index in [4.69, 9.17) is 4.74 Å². The van der Waals surface area contributed by atoms with E-state index in [-0.39, 0.29) is 11.7 Å². The van der Waals surface area contributed by atoms with Crippen molar-refractivity contribution < 1.29 is 4.74 Å². The summed E-state index contributed by atoms with van der Waals surface area (Å²) in [5, 5.41) is 1.20. The maximum Gasteiger partial charge on any atom is 0.290 e. The number of anilines is 1. The van der Waals surface area contributed by atoms with Gasteiger partial charge in [0.05, 0.1) is 5.52 Å². The fourth-order valence-electron chi connectivity index (χ4n) is 3.97. The van der Waals surface area contributed by atoms with Gasteiger partial charge in [0.1, 0.15) is 11.9 Å². The van der Waals surface area contributed by atoms with E-state index in [0.717, 1.165) is 44.1 Å². The Kier molecular flexibility index (Phi) is 4.11. The molecule has 0 atom stereocenters. The lowest BCUT2D eigenvalue weighted by Gasteiger charge is -2.32. The minimum atomic E-state index is -0.126. The molecule has 1 aliphatic heterocycles. The van der Waals surface area contributed by atoms with E-state index in [2.05, 4.69) is 45.0 Å². The van der Waals surface area contributed by atoms with Crippen molar-refractivity contribution in [3.8, 4) is 5.75 Å². The van der Waals surface area contributed by atoms with Crippen molar-refractivity contribution >= 4 is 16.7 Å². The van der Waals surface area contributed by atoms with Crippen LogP contribution in [-0.2, 0) is 6.54 Å². The van der Waals surface area contributed by atoms with Gasteiger partial charge in [-0.05, 0) is 37.0 Å². The SMILES string of the molecule is O=c1[nH]ccnc1N1CCC(Oc2cccc3c2ccn3CC2CC2)CC1. The summed E-state index contributed by atoms with van der Waals surface area (Å²) in [7, 11) is 0. The lowest BCUT2D eigenvalue weighted by Crippen LogP contribution is -2.41. The third-order valence-corrected chi connectivity index (χ3v) is 5.65. The van der Waals surface area contributed by atoms with Gasteiger partial charge in [-0.15, -0.1) is 0 Å². The summed E-state index contributed by atoms with van der Waals surface area (Å²) in [4.78, 5) is 20.9. The molecule has 6 heteroatoms. The molecule has 3 aromatic rings. The van der Waals surface area contributed by atoms with Gasteiger partial charge in [-0.1, -0.05) is 6.07 Å². The number of hydrogen-bond donors (Lipinski definition) is 1. The van der Waals surface area contributed by atoms with Gasteiger partial charge < -0.3 is 19.2 Å². The summed E-state index contributed by atoms with van der Waals surface area (Å²) < 4.78 is 8.73. The third kappa shape index (κ3) is 3.31. The van der Waals surface area contributed by atoms with E-state index in [0.29, 0.717) is 5.82 Å². The third-order valence-electron chi connectivity index (χ3n) is 5.65. The summed E-state index contributed by atoms with van der Waals surface area (Å²) >= 11 is 0. The summed E-state index contributed by atoms with van der Waals surface area (Å²) in [5.74, 6) is 2.33. The standard InChI is InChI=1S/C21H24N4O2/c26-21-20(22-9-10-23-21)24-11-6-16(7-12-24)27-19-3-1-2-18-17(19)8-13-25(18)14-15-4-5-15/h1-3,8-10,13,15-16H,4-7,11-12,14H2,(H,23,26). The molecule has 140 valence electrons. The lowest BCUT2D eigenvalue weighted by molar-refractivity contribution is 0.173. The van der Waals surface area contributed by atoms with Crippen molar-refractivity contribution in [2.45, 2.75) is 38.3 Å². The Hall–Kier alpha value is -2.76. The molecule has 6 nitrogen and oxygen atoms in total. The number of hydrogen-bond acceptors (Lipinski definition) is 4. The average molecular weight is 364 g/mol. The van der Waals surface area contributed by atoms with Crippen molar-refractivity contribution in [2.75, 3.05) is 18.0 Å². The normalized spacial score (nSPS) is 18.1. The molecule has 1 aromatic carbocycles. The molecule has 1 saturated carbocycles. The Balaban J connectivity index is 1.28. The molecule has 1 N–H and O–H groups in total. The van der Waals surface area contributed by atoms with E-state index in [1.54, 1.807) is 12.4 Å². The molecule has 1 saturated heterocycles. The Morgan fingerprint density at radius 1 is 1.15 bits per heavy atom. The van der Waals surface area contributed by atoms with Crippen molar-refractivity contribution in [2.24, 2.45) is 5.92 Å². The lowest BCUT2D eigenvalue weighted by atomic mass is 10.1. The highest BCUT2D eigenvalue weighted by Crippen LogP contribution is 2.34. The van der Waals surface area contributed by atoms with Gasteiger partial charge in [-0.2, -0.15) is 0 Å². The summed E-state index contributed by atoms with van der Waals surface area (Å²) in [6, 6.07) is 8.51. The number of H-pyrrole nitrogens is 1. The van der Waals surface area contributed by atoms with E-state index in [9.17, 15) is 4.79 Å². The number of nitrogens with zero attached hydrogens (tertiary/aromatic N) is 3. The van der Waals surface area contributed by atoms with Crippen LogP contribution in [0.15, 0.2) is 47.7 Å².